The molecule has 2 rings (SSSR count). The Labute approximate surface area is 130 Å². The summed E-state index contributed by atoms with van der Waals surface area (Å²) < 4.78 is 1.44. The minimum absolute atomic E-state index is 0.0362. The molecule has 0 aliphatic carbocycles. The second kappa shape index (κ2) is 6.32. The molecule has 1 heterocycles. The molecule has 0 saturated carbocycles. The van der Waals surface area contributed by atoms with Crippen LogP contribution in [0.15, 0.2) is 36.0 Å². The zero-order valence-corrected chi connectivity index (χ0v) is 12.6. The van der Waals surface area contributed by atoms with E-state index in [1.54, 1.807) is 19.1 Å². The van der Waals surface area contributed by atoms with Gasteiger partial charge in [0.2, 0.25) is 0 Å². The third-order valence-electron chi connectivity index (χ3n) is 3.18. The molecule has 2 aromatic rings. The Hall–Kier alpha value is -1.79. The first-order valence-corrected chi connectivity index (χ1v) is 6.77. The molecule has 9 heteroatoms. The number of rotatable bonds is 5. The van der Waals surface area contributed by atoms with Gasteiger partial charge in [-0.3, -0.25) is 0 Å². The molecule has 2 unspecified atom stereocenters. The molecule has 0 bridgehead atoms. The van der Waals surface area contributed by atoms with E-state index in [0.717, 1.165) is 0 Å². The van der Waals surface area contributed by atoms with Crippen molar-refractivity contribution in [2.75, 3.05) is 0 Å². The number of aliphatic hydroxyl groups is 1. The Balaban J connectivity index is 2.51. The van der Waals surface area contributed by atoms with E-state index in [2.05, 4.69) is 20.1 Å². The van der Waals surface area contributed by atoms with Crippen molar-refractivity contribution in [3.63, 3.8) is 0 Å². The van der Waals surface area contributed by atoms with Crippen LogP contribution in [0.3, 0.4) is 0 Å². The van der Waals surface area contributed by atoms with Crippen LogP contribution in [0, 0.1) is 0 Å². The first-order valence-electron chi connectivity index (χ1n) is 6.02. The quantitative estimate of drug-likeness (QED) is 0.518. The number of benzene rings is 1. The van der Waals surface area contributed by atoms with Gasteiger partial charge in [-0.15, -0.1) is 0 Å². The first-order chi connectivity index (χ1) is 9.97. The highest BCUT2D eigenvalue weighted by molar-refractivity contribution is 6.35. The maximum atomic E-state index is 11.0. The number of aromatic nitrogens is 3. The summed E-state index contributed by atoms with van der Waals surface area (Å²) in [5.41, 5.74) is 7.51. The van der Waals surface area contributed by atoms with Crippen molar-refractivity contribution in [3.8, 4) is 0 Å². The van der Waals surface area contributed by atoms with Crippen LogP contribution in [-0.2, 0) is 12.1 Å². The zero-order chi connectivity index (χ0) is 15.5. The number of hydrogen-bond acceptors (Lipinski definition) is 4. The van der Waals surface area contributed by atoms with Gasteiger partial charge in [-0.05, 0) is 17.7 Å². The lowest BCUT2D eigenvalue weighted by Crippen LogP contribution is -2.41. The predicted molar refractivity (Wildman–Crippen MR) is 79.0 cm³/mol. The normalized spacial score (nSPS) is 15.0. The smallest absolute Gasteiger partial charge is 0.137 e. The molecule has 0 fully saturated rings. The second-order valence-corrected chi connectivity index (χ2v) is 5.37. The molecule has 1 aromatic heterocycles. The first kappa shape index (κ1) is 15.6. The molecule has 0 spiro atoms. The van der Waals surface area contributed by atoms with Crippen molar-refractivity contribution in [3.05, 3.63) is 56.9 Å². The van der Waals surface area contributed by atoms with Crippen LogP contribution in [0.4, 0.5) is 0 Å². The molecular weight excluding hydrogens is 315 g/mol. The summed E-state index contributed by atoms with van der Waals surface area (Å²) >= 11 is 12.0. The fraction of sp³-hybridized carbons (Fsp3) is 0.333. The number of azide groups is 1. The highest BCUT2D eigenvalue weighted by atomic mass is 35.5. The van der Waals surface area contributed by atoms with Gasteiger partial charge in [0.15, 0.2) is 0 Å². The molecule has 0 aliphatic heterocycles. The maximum Gasteiger partial charge on any atom is 0.137 e. The highest BCUT2D eigenvalue weighted by Crippen LogP contribution is 2.35. The van der Waals surface area contributed by atoms with Crippen LogP contribution in [0.25, 0.3) is 10.4 Å². The van der Waals surface area contributed by atoms with E-state index in [1.165, 1.54) is 23.4 Å². The van der Waals surface area contributed by atoms with Gasteiger partial charge in [0.1, 0.15) is 18.3 Å². The fourth-order valence-corrected chi connectivity index (χ4v) is 2.59. The second-order valence-electron chi connectivity index (χ2n) is 4.52. The lowest BCUT2D eigenvalue weighted by Gasteiger charge is -2.32. The minimum atomic E-state index is -1.54. The molecule has 1 N–H and O–H groups in total. The van der Waals surface area contributed by atoms with Crippen LogP contribution in [0.1, 0.15) is 12.5 Å². The molecule has 21 heavy (non-hydrogen) atoms. The van der Waals surface area contributed by atoms with Crippen LogP contribution < -0.4 is 0 Å². The molecule has 1 aromatic carbocycles. The van der Waals surface area contributed by atoms with Crippen molar-refractivity contribution in [1.82, 2.24) is 14.8 Å². The van der Waals surface area contributed by atoms with Crippen molar-refractivity contribution < 1.29 is 5.11 Å². The van der Waals surface area contributed by atoms with E-state index in [1.807, 2.05) is 0 Å². The fourth-order valence-electron chi connectivity index (χ4n) is 2.02. The van der Waals surface area contributed by atoms with E-state index < -0.39 is 11.6 Å². The van der Waals surface area contributed by atoms with Gasteiger partial charge in [-0.25, -0.2) is 9.67 Å². The number of hydrogen-bond donors (Lipinski definition) is 1. The summed E-state index contributed by atoms with van der Waals surface area (Å²) in [4.78, 5) is 6.58. The lowest BCUT2D eigenvalue weighted by atomic mass is 9.87. The third kappa shape index (κ3) is 3.28. The lowest BCUT2D eigenvalue weighted by molar-refractivity contribution is -0.00508. The van der Waals surface area contributed by atoms with Gasteiger partial charge in [0, 0.05) is 20.5 Å². The predicted octanol–water partition coefficient (Wildman–Crippen LogP) is 3.17. The van der Waals surface area contributed by atoms with Crippen LogP contribution in [0.2, 0.25) is 10.0 Å². The molecule has 0 radical (unpaired) electrons. The highest BCUT2D eigenvalue weighted by Gasteiger charge is 2.38. The van der Waals surface area contributed by atoms with E-state index in [4.69, 9.17) is 28.7 Å². The van der Waals surface area contributed by atoms with Crippen molar-refractivity contribution in [2.24, 2.45) is 5.11 Å². The van der Waals surface area contributed by atoms with Crippen molar-refractivity contribution in [2.45, 2.75) is 25.1 Å². The SMILES string of the molecule is CC(N=[N+]=[N-])C(O)(Cn1cncn1)c1ccc(Cl)cc1Cl. The van der Waals surface area contributed by atoms with Crippen molar-refractivity contribution in [1.29, 1.82) is 0 Å². The topological polar surface area (TPSA) is 99.7 Å². The largest absolute Gasteiger partial charge is 0.383 e. The summed E-state index contributed by atoms with van der Waals surface area (Å²) in [6, 6.07) is 3.96. The van der Waals surface area contributed by atoms with Gasteiger partial charge in [-0.1, -0.05) is 41.3 Å². The summed E-state index contributed by atoms with van der Waals surface area (Å²) in [5, 5.41) is 19.3. The summed E-state index contributed by atoms with van der Waals surface area (Å²) in [7, 11) is 0. The van der Waals surface area contributed by atoms with E-state index in [-0.39, 0.29) is 11.6 Å². The summed E-state index contributed by atoms with van der Waals surface area (Å²) in [5.74, 6) is 0. The Bertz CT molecular complexity index is 670. The molecule has 110 valence electrons. The Morgan fingerprint density at radius 1 is 1.52 bits per heavy atom. The molecule has 7 nitrogen and oxygen atoms in total. The van der Waals surface area contributed by atoms with Gasteiger partial charge in [0.25, 0.3) is 0 Å². The molecular formula is C12H12Cl2N6O. The van der Waals surface area contributed by atoms with Crippen LogP contribution in [0.5, 0.6) is 0 Å². The Morgan fingerprint density at radius 3 is 2.86 bits per heavy atom. The Kier molecular flexibility index (Phi) is 4.69. The third-order valence-corrected chi connectivity index (χ3v) is 3.73. The van der Waals surface area contributed by atoms with E-state index >= 15 is 0 Å². The van der Waals surface area contributed by atoms with Gasteiger partial charge < -0.3 is 5.11 Å². The average molecular weight is 327 g/mol. The summed E-state index contributed by atoms with van der Waals surface area (Å²) in [6.07, 6.45) is 2.81. The van der Waals surface area contributed by atoms with Gasteiger partial charge in [-0.2, -0.15) is 5.10 Å². The molecule has 0 aliphatic rings. The minimum Gasteiger partial charge on any atom is -0.383 e. The maximum absolute atomic E-state index is 11.0. The molecule has 0 amide bonds. The average Bonchev–Trinajstić information content (AvgIpc) is 2.91. The Morgan fingerprint density at radius 2 is 2.29 bits per heavy atom. The number of nitrogens with zero attached hydrogens (tertiary/aromatic N) is 6. The monoisotopic (exact) mass is 326 g/mol. The molecule has 0 saturated heterocycles. The van der Waals surface area contributed by atoms with Crippen LogP contribution >= 0.6 is 23.2 Å². The van der Waals surface area contributed by atoms with Crippen LogP contribution in [-0.4, -0.2) is 25.9 Å². The standard InChI is InChI=1S/C12H12Cl2N6O/c1-8(18-19-15)12(21,5-20-7-16-6-17-20)10-3-2-9(13)4-11(10)14/h2-4,6-8,21H,5H2,1H3. The van der Waals surface area contributed by atoms with E-state index in [9.17, 15) is 5.11 Å². The van der Waals surface area contributed by atoms with E-state index in [0.29, 0.717) is 10.6 Å². The molecule has 2 atom stereocenters. The van der Waals surface area contributed by atoms with Gasteiger partial charge in [0.05, 0.1) is 12.6 Å². The number of halogens is 2. The van der Waals surface area contributed by atoms with Gasteiger partial charge >= 0.3 is 0 Å². The summed E-state index contributed by atoms with van der Waals surface area (Å²) in [6.45, 7) is 1.64. The zero-order valence-electron chi connectivity index (χ0n) is 11.1. The van der Waals surface area contributed by atoms with Crippen molar-refractivity contribution >= 4 is 23.2 Å².